The topological polar surface area (TPSA) is 54.7 Å². The Morgan fingerprint density at radius 1 is 1.58 bits per heavy atom. The van der Waals surface area contributed by atoms with Crippen LogP contribution in [0.4, 0.5) is 0 Å². The van der Waals surface area contributed by atoms with Crippen molar-refractivity contribution in [1.29, 1.82) is 0 Å². The molecule has 0 amide bonds. The van der Waals surface area contributed by atoms with Gasteiger partial charge in [0.15, 0.2) is 0 Å². The number of aryl methyl sites for hydroxylation is 1. The summed E-state index contributed by atoms with van der Waals surface area (Å²) in [5, 5.41) is 12.7. The predicted octanol–water partition coefficient (Wildman–Crippen LogP) is 1.08. The van der Waals surface area contributed by atoms with Gasteiger partial charge in [0.25, 0.3) is 0 Å². The zero-order chi connectivity index (χ0) is 8.97. The lowest BCUT2D eigenvalue weighted by Gasteiger charge is -1.97. The van der Waals surface area contributed by atoms with Gasteiger partial charge in [-0.05, 0) is 19.1 Å². The standard InChI is InChI=1S/C8H10N2O2/c1-6-3-4-8(11)7(10-6)5-9-12-2/h3-5,11H,1-2H3/b9-5+. The largest absolute Gasteiger partial charge is 0.506 e. The lowest BCUT2D eigenvalue weighted by atomic mass is 10.3. The maximum atomic E-state index is 9.25. The van der Waals surface area contributed by atoms with Gasteiger partial charge >= 0.3 is 0 Å². The fourth-order valence-electron chi connectivity index (χ4n) is 0.767. The van der Waals surface area contributed by atoms with Gasteiger partial charge in [-0.2, -0.15) is 0 Å². The number of rotatable bonds is 2. The number of hydrogen-bond donors (Lipinski definition) is 1. The Morgan fingerprint density at radius 3 is 3.00 bits per heavy atom. The van der Waals surface area contributed by atoms with Crippen molar-refractivity contribution < 1.29 is 9.94 Å². The second-order valence-corrected chi connectivity index (χ2v) is 2.27. The molecule has 0 saturated carbocycles. The first-order chi connectivity index (χ1) is 5.74. The van der Waals surface area contributed by atoms with Gasteiger partial charge < -0.3 is 9.94 Å². The van der Waals surface area contributed by atoms with Crippen molar-refractivity contribution in [2.24, 2.45) is 5.16 Å². The van der Waals surface area contributed by atoms with E-state index < -0.39 is 0 Å². The van der Waals surface area contributed by atoms with E-state index in [9.17, 15) is 5.11 Å². The van der Waals surface area contributed by atoms with E-state index in [-0.39, 0.29) is 5.75 Å². The highest BCUT2D eigenvalue weighted by Gasteiger charge is 1.98. The van der Waals surface area contributed by atoms with Crippen LogP contribution in [0.15, 0.2) is 17.3 Å². The van der Waals surface area contributed by atoms with E-state index in [4.69, 9.17) is 0 Å². The lowest BCUT2D eigenvalue weighted by molar-refractivity contribution is 0.215. The number of hydrogen-bond acceptors (Lipinski definition) is 4. The molecule has 0 unspecified atom stereocenters. The van der Waals surface area contributed by atoms with Gasteiger partial charge in [-0.15, -0.1) is 0 Å². The molecule has 0 saturated heterocycles. The second kappa shape index (κ2) is 3.71. The third kappa shape index (κ3) is 1.95. The van der Waals surface area contributed by atoms with E-state index in [0.29, 0.717) is 5.69 Å². The molecule has 64 valence electrons. The smallest absolute Gasteiger partial charge is 0.142 e. The molecule has 12 heavy (non-hydrogen) atoms. The molecular formula is C8H10N2O2. The molecule has 4 heteroatoms. The van der Waals surface area contributed by atoms with Crippen molar-refractivity contribution >= 4 is 6.21 Å². The molecule has 0 aliphatic heterocycles. The van der Waals surface area contributed by atoms with Gasteiger partial charge in [0, 0.05) is 5.69 Å². The highest BCUT2D eigenvalue weighted by atomic mass is 16.6. The van der Waals surface area contributed by atoms with Crippen LogP contribution in [0.5, 0.6) is 5.75 Å². The van der Waals surface area contributed by atoms with E-state index in [1.165, 1.54) is 13.3 Å². The molecule has 0 aliphatic carbocycles. The molecule has 1 N–H and O–H groups in total. The van der Waals surface area contributed by atoms with Crippen molar-refractivity contribution in [3.63, 3.8) is 0 Å². The minimum atomic E-state index is 0.0985. The summed E-state index contributed by atoms with van der Waals surface area (Å²) < 4.78 is 0. The van der Waals surface area contributed by atoms with E-state index in [0.717, 1.165) is 5.69 Å². The lowest BCUT2D eigenvalue weighted by Crippen LogP contribution is -1.91. The van der Waals surface area contributed by atoms with Gasteiger partial charge in [0.1, 0.15) is 18.6 Å². The van der Waals surface area contributed by atoms with Crippen molar-refractivity contribution in [2.45, 2.75) is 6.92 Å². The third-order valence-electron chi connectivity index (χ3n) is 1.32. The molecule has 1 aromatic heterocycles. The molecule has 0 bridgehead atoms. The van der Waals surface area contributed by atoms with Crippen LogP contribution in [-0.2, 0) is 4.84 Å². The summed E-state index contributed by atoms with van der Waals surface area (Å²) in [7, 11) is 1.43. The summed E-state index contributed by atoms with van der Waals surface area (Å²) in [4.78, 5) is 8.49. The summed E-state index contributed by atoms with van der Waals surface area (Å²) in [5.41, 5.74) is 1.24. The Labute approximate surface area is 70.5 Å². The molecule has 0 aliphatic rings. The Bertz CT molecular complexity index is 297. The van der Waals surface area contributed by atoms with Gasteiger partial charge in [-0.1, -0.05) is 5.16 Å². The van der Waals surface area contributed by atoms with E-state index >= 15 is 0 Å². The quantitative estimate of drug-likeness (QED) is 0.528. The minimum absolute atomic E-state index is 0.0985. The van der Waals surface area contributed by atoms with E-state index in [1.807, 2.05) is 6.92 Å². The van der Waals surface area contributed by atoms with Gasteiger partial charge in [0.05, 0.1) is 6.21 Å². The van der Waals surface area contributed by atoms with Crippen molar-refractivity contribution in [2.75, 3.05) is 7.11 Å². The molecule has 0 atom stereocenters. The van der Waals surface area contributed by atoms with Gasteiger partial charge in [-0.25, -0.2) is 4.98 Å². The summed E-state index contributed by atoms with van der Waals surface area (Å²) in [6.45, 7) is 1.84. The number of oxime groups is 1. The van der Waals surface area contributed by atoms with Crippen LogP contribution < -0.4 is 0 Å². The second-order valence-electron chi connectivity index (χ2n) is 2.27. The van der Waals surface area contributed by atoms with Crippen LogP contribution in [0, 0.1) is 6.92 Å². The van der Waals surface area contributed by atoms with Crippen molar-refractivity contribution in [3.05, 3.63) is 23.5 Å². The Balaban J connectivity index is 2.97. The van der Waals surface area contributed by atoms with Crippen molar-refractivity contribution in [3.8, 4) is 5.75 Å². The molecule has 0 aromatic carbocycles. The van der Waals surface area contributed by atoms with Gasteiger partial charge in [0.2, 0.25) is 0 Å². The Kier molecular flexibility index (Phi) is 2.63. The summed E-state index contributed by atoms with van der Waals surface area (Å²) in [6, 6.07) is 3.29. The Morgan fingerprint density at radius 2 is 2.33 bits per heavy atom. The van der Waals surface area contributed by atoms with Crippen molar-refractivity contribution in [1.82, 2.24) is 4.98 Å². The summed E-state index contributed by atoms with van der Waals surface area (Å²) in [6.07, 6.45) is 1.36. The Hall–Kier alpha value is -1.58. The first kappa shape index (κ1) is 8.52. The summed E-state index contributed by atoms with van der Waals surface area (Å²) in [5.74, 6) is 0.0985. The monoisotopic (exact) mass is 166 g/mol. The highest BCUT2D eigenvalue weighted by molar-refractivity contribution is 5.80. The van der Waals surface area contributed by atoms with Crippen LogP contribution in [0.2, 0.25) is 0 Å². The van der Waals surface area contributed by atoms with Gasteiger partial charge in [-0.3, -0.25) is 0 Å². The minimum Gasteiger partial charge on any atom is -0.506 e. The number of nitrogens with zero attached hydrogens (tertiary/aromatic N) is 2. The fourth-order valence-corrected chi connectivity index (χ4v) is 0.767. The molecule has 1 rings (SSSR count). The normalized spacial score (nSPS) is 10.5. The molecule has 0 fully saturated rings. The third-order valence-corrected chi connectivity index (χ3v) is 1.32. The maximum Gasteiger partial charge on any atom is 0.142 e. The molecule has 0 spiro atoms. The van der Waals surface area contributed by atoms with E-state index in [1.54, 1.807) is 12.1 Å². The average Bonchev–Trinajstić information content (AvgIpc) is 2.07. The predicted molar refractivity (Wildman–Crippen MR) is 45.2 cm³/mol. The van der Waals surface area contributed by atoms with Crippen LogP contribution in [0.3, 0.4) is 0 Å². The number of aromatic hydroxyl groups is 1. The molecule has 0 radical (unpaired) electrons. The molecule has 1 aromatic rings. The fraction of sp³-hybridized carbons (Fsp3) is 0.250. The average molecular weight is 166 g/mol. The van der Waals surface area contributed by atoms with Crippen LogP contribution in [-0.4, -0.2) is 23.4 Å². The highest BCUT2D eigenvalue weighted by Crippen LogP contribution is 2.11. The maximum absolute atomic E-state index is 9.25. The van der Waals surface area contributed by atoms with Crippen LogP contribution in [0.1, 0.15) is 11.4 Å². The first-order valence-corrected chi connectivity index (χ1v) is 3.47. The number of aromatic nitrogens is 1. The SMILES string of the molecule is CO/N=C/c1nc(C)ccc1O. The van der Waals surface area contributed by atoms with E-state index in [2.05, 4.69) is 15.0 Å². The molecule has 4 nitrogen and oxygen atoms in total. The van der Waals surface area contributed by atoms with Crippen LogP contribution >= 0.6 is 0 Å². The zero-order valence-electron chi connectivity index (χ0n) is 6.98. The molecular weight excluding hydrogens is 156 g/mol. The first-order valence-electron chi connectivity index (χ1n) is 3.47. The molecule has 1 heterocycles. The summed E-state index contributed by atoms with van der Waals surface area (Å²) >= 11 is 0. The zero-order valence-corrected chi connectivity index (χ0v) is 6.98. The number of pyridine rings is 1. The van der Waals surface area contributed by atoms with Crippen LogP contribution in [0.25, 0.3) is 0 Å².